The maximum Gasteiger partial charge on any atom is 0.258 e. The normalized spacial score (nSPS) is 12.3. The third-order valence-corrected chi connectivity index (χ3v) is 2.88. The largest absolute Gasteiger partial charge is 0.358 e. The zero-order valence-electron chi connectivity index (χ0n) is 10.9. The standard InChI is InChI=1S/C13H16N4O2/c1-8(12(18)14-2)15-7-11-16-10-6-4-3-5-9(10)13(19)17-11/h3-6,8,15H,7H2,1-2H3,(H,14,18)(H,16,17,19). The molecule has 1 aromatic carbocycles. The molecule has 0 bridgehead atoms. The summed E-state index contributed by atoms with van der Waals surface area (Å²) in [5.74, 6) is 0.405. The molecule has 0 saturated heterocycles. The van der Waals surface area contributed by atoms with E-state index in [0.29, 0.717) is 23.3 Å². The van der Waals surface area contributed by atoms with Gasteiger partial charge in [-0.05, 0) is 19.1 Å². The molecule has 1 heterocycles. The summed E-state index contributed by atoms with van der Waals surface area (Å²) < 4.78 is 0. The van der Waals surface area contributed by atoms with E-state index in [1.165, 1.54) is 0 Å². The number of likely N-dealkylation sites (N-methyl/N-ethyl adjacent to an activating group) is 1. The van der Waals surface area contributed by atoms with E-state index < -0.39 is 0 Å². The Morgan fingerprint density at radius 2 is 2.16 bits per heavy atom. The molecule has 1 atom stereocenters. The first-order chi connectivity index (χ1) is 9.11. The SMILES string of the molecule is CNC(=O)C(C)NCc1nc2ccccc2c(=O)[nH]1. The van der Waals surface area contributed by atoms with E-state index >= 15 is 0 Å². The minimum Gasteiger partial charge on any atom is -0.358 e. The molecule has 0 aliphatic rings. The molecule has 3 N–H and O–H groups in total. The van der Waals surface area contributed by atoms with Crippen LogP contribution in [0.25, 0.3) is 10.9 Å². The number of aromatic nitrogens is 2. The predicted octanol–water partition coefficient (Wildman–Crippen LogP) is 0.147. The van der Waals surface area contributed by atoms with Crippen molar-refractivity contribution >= 4 is 16.8 Å². The average molecular weight is 260 g/mol. The molecule has 1 unspecified atom stereocenters. The van der Waals surface area contributed by atoms with E-state index in [0.717, 1.165) is 0 Å². The van der Waals surface area contributed by atoms with Gasteiger partial charge in [-0.25, -0.2) is 4.98 Å². The topological polar surface area (TPSA) is 86.9 Å². The number of H-pyrrole nitrogens is 1. The molecule has 0 saturated carbocycles. The number of nitrogens with zero attached hydrogens (tertiary/aromatic N) is 1. The average Bonchev–Trinajstić information content (AvgIpc) is 2.44. The summed E-state index contributed by atoms with van der Waals surface area (Å²) in [6.07, 6.45) is 0. The Balaban J connectivity index is 2.18. The van der Waals surface area contributed by atoms with Crippen LogP contribution in [0.2, 0.25) is 0 Å². The Morgan fingerprint density at radius 1 is 1.42 bits per heavy atom. The predicted molar refractivity (Wildman–Crippen MR) is 72.7 cm³/mol. The molecule has 0 aliphatic carbocycles. The lowest BCUT2D eigenvalue weighted by atomic mass is 10.2. The second kappa shape index (κ2) is 5.62. The van der Waals surface area contributed by atoms with Crippen molar-refractivity contribution in [3.63, 3.8) is 0 Å². The number of para-hydroxylation sites is 1. The molecule has 6 nitrogen and oxygen atoms in total. The van der Waals surface area contributed by atoms with E-state index in [9.17, 15) is 9.59 Å². The Kier molecular flexibility index (Phi) is 3.91. The lowest BCUT2D eigenvalue weighted by Gasteiger charge is -2.11. The zero-order chi connectivity index (χ0) is 13.8. The molecule has 100 valence electrons. The van der Waals surface area contributed by atoms with Gasteiger partial charge in [-0.2, -0.15) is 0 Å². The van der Waals surface area contributed by atoms with Crippen molar-refractivity contribution in [3.8, 4) is 0 Å². The highest BCUT2D eigenvalue weighted by molar-refractivity contribution is 5.81. The van der Waals surface area contributed by atoms with Gasteiger partial charge in [-0.1, -0.05) is 12.1 Å². The molecule has 6 heteroatoms. The van der Waals surface area contributed by atoms with Gasteiger partial charge in [0.2, 0.25) is 5.91 Å². The Labute approximate surface area is 110 Å². The van der Waals surface area contributed by atoms with Crippen LogP contribution in [0, 0.1) is 0 Å². The van der Waals surface area contributed by atoms with Crippen molar-refractivity contribution in [1.82, 2.24) is 20.6 Å². The molecule has 1 amide bonds. The summed E-state index contributed by atoms with van der Waals surface area (Å²) in [5.41, 5.74) is 0.477. The smallest absolute Gasteiger partial charge is 0.258 e. The number of aromatic amines is 1. The highest BCUT2D eigenvalue weighted by Crippen LogP contribution is 2.05. The fourth-order valence-electron chi connectivity index (χ4n) is 1.78. The first-order valence-electron chi connectivity index (χ1n) is 6.04. The first-order valence-corrected chi connectivity index (χ1v) is 6.04. The zero-order valence-corrected chi connectivity index (χ0v) is 10.9. The highest BCUT2D eigenvalue weighted by atomic mass is 16.2. The lowest BCUT2D eigenvalue weighted by Crippen LogP contribution is -2.40. The number of fused-ring (bicyclic) bond motifs is 1. The quantitative estimate of drug-likeness (QED) is 0.730. The molecule has 2 aromatic rings. The van der Waals surface area contributed by atoms with Crippen molar-refractivity contribution in [2.45, 2.75) is 19.5 Å². The summed E-state index contributed by atoms with van der Waals surface area (Å²) >= 11 is 0. The molecule has 19 heavy (non-hydrogen) atoms. The molecule has 0 fully saturated rings. The maximum atomic E-state index is 11.8. The monoisotopic (exact) mass is 260 g/mol. The number of benzene rings is 1. The lowest BCUT2D eigenvalue weighted by molar-refractivity contribution is -0.122. The van der Waals surface area contributed by atoms with Crippen molar-refractivity contribution in [2.75, 3.05) is 7.05 Å². The van der Waals surface area contributed by atoms with Gasteiger partial charge in [0.25, 0.3) is 5.56 Å². The van der Waals surface area contributed by atoms with E-state index in [2.05, 4.69) is 20.6 Å². The van der Waals surface area contributed by atoms with Crippen molar-refractivity contribution < 1.29 is 4.79 Å². The summed E-state index contributed by atoms with van der Waals surface area (Å²) in [6, 6.07) is 6.80. The van der Waals surface area contributed by atoms with E-state index in [4.69, 9.17) is 0 Å². The fraction of sp³-hybridized carbons (Fsp3) is 0.308. The van der Waals surface area contributed by atoms with Crippen molar-refractivity contribution in [1.29, 1.82) is 0 Å². The Bertz CT molecular complexity index is 650. The van der Waals surface area contributed by atoms with Gasteiger partial charge in [0.1, 0.15) is 5.82 Å². The fourth-order valence-corrected chi connectivity index (χ4v) is 1.78. The van der Waals surface area contributed by atoms with Crippen LogP contribution in [0.4, 0.5) is 0 Å². The maximum absolute atomic E-state index is 11.8. The van der Waals surface area contributed by atoms with Crippen LogP contribution in [0.3, 0.4) is 0 Å². The number of carbonyl (C=O) groups excluding carboxylic acids is 1. The third-order valence-electron chi connectivity index (χ3n) is 2.88. The van der Waals surface area contributed by atoms with E-state index in [1.807, 2.05) is 6.07 Å². The van der Waals surface area contributed by atoms with Crippen LogP contribution in [-0.2, 0) is 11.3 Å². The van der Waals surface area contributed by atoms with Crippen molar-refractivity contribution in [2.24, 2.45) is 0 Å². The van der Waals surface area contributed by atoms with Crippen LogP contribution in [0.15, 0.2) is 29.1 Å². The molecule has 1 aromatic heterocycles. The Morgan fingerprint density at radius 3 is 2.89 bits per heavy atom. The summed E-state index contributed by atoms with van der Waals surface area (Å²) in [5, 5.41) is 6.11. The molecule has 0 aliphatic heterocycles. The second-order valence-corrected chi connectivity index (χ2v) is 4.25. The van der Waals surface area contributed by atoms with Crippen LogP contribution in [0.5, 0.6) is 0 Å². The van der Waals surface area contributed by atoms with Crippen LogP contribution in [0.1, 0.15) is 12.7 Å². The Hall–Kier alpha value is -2.21. The highest BCUT2D eigenvalue weighted by Gasteiger charge is 2.10. The number of rotatable bonds is 4. The van der Waals surface area contributed by atoms with Gasteiger partial charge < -0.3 is 10.3 Å². The third kappa shape index (κ3) is 2.97. The number of carbonyl (C=O) groups is 1. The number of hydrogen-bond donors (Lipinski definition) is 3. The summed E-state index contributed by atoms with van der Waals surface area (Å²) in [6.45, 7) is 2.08. The van der Waals surface area contributed by atoms with Gasteiger partial charge in [0.15, 0.2) is 0 Å². The van der Waals surface area contributed by atoms with Gasteiger partial charge in [0.05, 0.1) is 23.5 Å². The first kappa shape index (κ1) is 13.2. The van der Waals surface area contributed by atoms with Crippen LogP contribution >= 0.6 is 0 Å². The number of nitrogens with one attached hydrogen (secondary N) is 3. The minimum absolute atomic E-state index is 0.108. The van der Waals surface area contributed by atoms with Crippen LogP contribution in [-0.4, -0.2) is 29.0 Å². The van der Waals surface area contributed by atoms with Crippen LogP contribution < -0.4 is 16.2 Å². The van der Waals surface area contributed by atoms with Gasteiger partial charge in [0, 0.05) is 7.05 Å². The number of amides is 1. The van der Waals surface area contributed by atoms with Gasteiger partial charge in [-0.15, -0.1) is 0 Å². The van der Waals surface area contributed by atoms with Gasteiger partial charge >= 0.3 is 0 Å². The summed E-state index contributed by atoms with van der Waals surface area (Å²) in [4.78, 5) is 30.2. The minimum atomic E-state index is -0.346. The molecule has 0 radical (unpaired) electrons. The van der Waals surface area contributed by atoms with E-state index in [1.54, 1.807) is 32.2 Å². The molecule has 2 rings (SSSR count). The van der Waals surface area contributed by atoms with Crippen molar-refractivity contribution in [3.05, 3.63) is 40.4 Å². The molecular formula is C13H16N4O2. The second-order valence-electron chi connectivity index (χ2n) is 4.25. The molecular weight excluding hydrogens is 244 g/mol. The van der Waals surface area contributed by atoms with Gasteiger partial charge in [-0.3, -0.25) is 14.9 Å². The number of hydrogen-bond acceptors (Lipinski definition) is 4. The molecule has 0 spiro atoms. The van der Waals surface area contributed by atoms with E-state index in [-0.39, 0.29) is 17.5 Å². The summed E-state index contributed by atoms with van der Waals surface area (Å²) in [7, 11) is 1.58.